The van der Waals surface area contributed by atoms with Crippen LogP contribution in [0.15, 0.2) is 24.7 Å². The number of imidazole rings is 1. The highest BCUT2D eigenvalue weighted by atomic mass is 19.1. The van der Waals surface area contributed by atoms with E-state index in [2.05, 4.69) is 15.0 Å². The van der Waals surface area contributed by atoms with Crippen LogP contribution in [-0.4, -0.2) is 30.4 Å². The predicted molar refractivity (Wildman–Crippen MR) is 72.6 cm³/mol. The van der Waals surface area contributed by atoms with Crippen LogP contribution in [0.25, 0.3) is 17.0 Å². The van der Waals surface area contributed by atoms with Crippen molar-refractivity contribution >= 4 is 11.6 Å². The molecule has 3 aromatic heterocycles. The number of carboxylic acid groups (broad SMARTS) is 1. The number of nitrogens with zero attached hydrogens (tertiary/aromatic N) is 4. The van der Waals surface area contributed by atoms with Crippen molar-refractivity contribution < 1.29 is 14.3 Å². The van der Waals surface area contributed by atoms with Crippen LogP contribution in [0.4, 0.5) is 4.39 Å². The van der Waals surface area contributed by atoms with E-state index in [-0.39, 0.29) is 17.0 Å². The number of pyridine rings is 1. The van der Waals surface area contributed by atoms with Gasteiger partial charge in [-0.1, -0.05) is 0 Å². The van der Waals surface area contributed by atoms with Gasteiger partial charge in [0.2, 0.25) is 0 Å². The molecule has 0 aliphatic carbocycles. The molecule has 0 aromatic carbocycles. The molecule has 0 bridgehead atoms. The van der Waals surface area contributed by atoms with Crippen LogP contribution in [-0.2, 0) is 0 Å². The minimum absolute atomic E-state index is 0.0266. The van der Waals surface area contributed by atoms with Gasteiger partial charge in [0.15, 0.2) is 17.3 Å². The van der Waals surface area contributed by atoms with Crippen molar-refractivity contribution in [2.75, 3.05) is 0 Å². The molecule has 106 valence electrons. The van der Waals surface area contributed by atoms with Gasteiger partial charge in [-0.3, -0.25) is 0 Å². The van der Waals surface area contributed by atoms with Crippen molar-refractivity contribution in [2.24, 2.45) is 0 Å². The third-order valence-electron chi connectivity index (χ3n) is 3.09. The zero-order chi connectivity index (χ0) is 15.1. The number of hydrogen-bond donors (Lipinski definition) is 1. The van der Waals surface area contributed by atoms with Gasteiger partial charge >= 0.3 is 5.97 Å². The minimum Gasteiger partial charge on any atom is -0.478 e. The van der Waals surface area contributed by atoms with Gasteiger partial charge in [-0.05, 0) is 19.9 Å². The number of halogens is 1. The van der Waals surface area contributed by atoms with Gasteiger partial charge in [0.1, 0.15) is 0 Å². The van der Waals surface area contributed by atoms with E-state index < -0.39 is 11.8 Å². The Hall–Kier alpha value is -2.83. The Morgan fingerprint density at radius 2 is 2.05 bits per heavy atom. The number of aryl methyl sites for hydroxylation is 2. The zero-order valence-electron chi connectivity index (χ0n) is 11.3. The van der Waals surface area contributed by atoms with E-state index in [1.54, 1.807) is 30.6 Å². The molecule has 3 heterocycles. The summed E-state index contributed by atoms with van der Waals surface area (Å²) in [7, 11) is 0. The van der Waals surface area contributed by atoms with E-state index in [0.29, 0.717) is 17.0 Å². The molecular formula is C14H11FN4O2. The number of fused-ring (bicyclic) bond motifs is 1. The second-order valence-corrected chi connectivity index (χ2v) is 4.69. The molecule has 0 aliphatic rings. The number of aromatic nitrogens is 4. The van der Waals surface area contributed by atoms with E-state index in [4.69, 9.17) is 5.11 Å². The molecule has 0 radical (unpaired) electrons. The maximum atomic E-state index is 14.0. The van der Waals surface area contributed by atoms with E-state index in [1.807, 2.05) is 0 Å². The summed E-state index contributed by atoms with van der Waals surface area (Å²) in [5, 5.41) is 8.96. The van der Waals surface area contributed by atoms with Crippen molar-refractivity contribution in [3.63, 3.8) is 0 Å². The van der Waals surface area contributed by atoms with Gasteiger partial charge in [0.05, 0.1) is 17.0 Å². The lowest BCUT2D eigenvalue weighted by Crippen LogP contribution is -2.04. The number of rotatable bonds is 2. The molecule has 0 spiro atoms. The largest absolute Gasteiger partial charge is 0.478 e. The Morgan fingerprint density at radius 1 is 1.29 bits per heavy atom. The van der Waals surface area contributed by atoms with E-state index >= 15 is 0 Å². The van der Waals surface area contributed by atoms with Gasteiger partial charge in [-0.2, -0.15) is 0 Å². The van der Waals surface area contributed by atoms with Gasteiger partial charge in [-0.15, -0.1) is 0 Å². The van der Waals surface area contributed by atoms with Crippen molar-refractivity contribution in [3.8, 4) is 11.4 Å². The lowest BCUT2D eigenvalue weighted by atomic mass is 10.2. The molecule has 0 unspecified atom stereocenters. The van der Waals surface area contributed by atoms with Crippen LogP contribution in [0.5, 0.6) is 0 Å². The van der Waals surface area contributed by atoms with Crippen LogP contribution >= 0.6 is 0 Å². The molecule has 7 heteroatoms. The topological polar surface area (TPSA) is 80.4 Å². The van der Waals surface area contributed by atoms with E-state index in [1.165, 1.54) is 12.3 Å². The van der Waals surface area contributed by atoms with Gasteiger partial charge in [0.25, 0.3) is 0 Å². The second kappa shape index (κ2) is 4.62. The molecular weight excluding hydrogens is 275 g/mol. The minimum atomic E-state index is -1.09. The number of carbonyl (C=O) groups is 1. The number of carboxylic acids is 1. The molecule has 0 fully saturated rings. The molecule has 21 heavy (non-hydrogen) atoms. The van der Waals surface area contributed by atoms with Gasteiger partial charge < -0.3 is 9.51 Å². The van der Waals surface area contributed by atoms with Crippen LogP contribution in [0.2, 0.25) is 0 Å². The third-order valence-corrected chi connectivity index (χ3v) is 3.09. The third kappa shape index (κ3) is 2.22. The normalized spacial score (nSPS) is 11.0. The first-order valence-electron chi connectivity index (χ1n) is 6.18. The molecule has 3 rings (SSSR count). The summed E-state index contributed by atoms with van der Waals surface area (Å²) in [4.78, 5) is 23.1. The van der Waals surface area contributed by atoms with Crippen LogP contribution in [0, 0.1) is 19.7 Å². The highest BCUT2D eigenvalue weighted by molar-refractivity contribution is 5.88. The summed E-state index contributed by atoms with van der Waals surface area (Å²) in [6.07, 6.45) is 4.58. The maximum absolute atomic E-state index is 14.0. The molecule has 0 atom stereocenters. The van der Waals surface area contributed by atoms with Crippen molar-refractivity contribution in [2.45, 2.75) is 13.8 Å². The maximum Gasteiger partial charge on any atom is 0.339 e. The molecule has 3 aromatic rings. The van der Waals surface area contributed by atoms with Crippen LogP contribution in [0.3, 0.4) is 0 Å². The summed E-state index contributed by atoms with van der Waals surface area (Å²) < 4.78 is 15.6. The Balaban J connectivity index is 2.16. The zero-order valence-corrected chi connectivity index (χ0v) is 11.3. The standard InChI is InChI=1S/C14H11FN4O2/c1-7-5-19-6-9(3-11(15)13(19)17-7)12-16-4-10(14(20)21)8(2)18-12/h3-6H,1-2H3,(H,20,21). The van der Waals surface area contributed by atoms with Gasteiger partial charge in [0, 0.05) is 24.2 Å². The number of aromatic carboxylic acids is 1. The lowest BCUT2D eigenvalue weighted by Gasteiger charge is -2.05. The quantitative estimate of drug-likeness (QED) is 0.781. The fourth-order valence-electron chi connectivity index (χ4n) is 2.12. The fraction of sp³-hybridized carbons (Fsp3) is 0.143. The highest BCUT2D eigenvalue weighted by Crippen LogP contribution is 2.20. The Bertz CT molecular complexity index is 873. The highest BCUT2D eigenvalue weighted by Gasteiger charge is 2.13. The summed E-state index contributed by atoms with van der Waals surface area (Å²) in [5.74, 6) is -1.31. The molecule has 0 aliphatic heterocycles. The first kappa shape index (κ1) is 13.2. The molecule has 0 saturated carbocycles. The monoisotopic (exact) mass is 286 g/mol. The van der Waals surface area contributed by atoms with Crippen molar-refractivity contribution in [1.82, 2.24) is 19.4 Å². The van der Waals surface area contributed by atoms with Gasteiger partial charge in [-0.25, -0.2) is 24.1 Å². The average molecular weight is 286 g/mol. The van der Waals surface area contributed by atoms with Crippen LogP contribution < -0.4 is 0 Å². The molecule has 0 saturated heterocycles. The first-order valence-corrected chi connectivity index (χ1v) is 6.18. The van der Waals surface area contributed by atoms with Crippen molar-refractivity contribution in [3.05, 3.63) is 47.4 Å². The van der Waals surface area contributed by atoms with Crippen LogP contribution in [0.1, 0.15) is 21.7 Å². The van der Waals surface area contributed by atoms with Crippen molar-refractivity contribution in [1.29, 1.82) is 0 Å². The average Bonchev–Trinajstić information content (AvgIpc) is 2.79. The summed E-state index contributed by atoms with van der Waals surface area (Å²) in [5.41, 5.74) is 1.74. The molecule has 6 nitrogen and oxygen atoms in total. The molecule has 0 amide bonds. The molecule has 1 N–H and O–H groups in total. The number of hydrogen-bond acceptors (Lipinski definition) is 4. The smallest absolute Gasteiger partial charge is 0.339 e. The SMILES string of the molecule is Cc1cn2cc(-c3ncc(C(=O)O)c(C)n3)cc(F)c2n1. The second-order valence-electron chi connectivity index (χ2n) is 4.69. The first-order chi connectivity index (χ1) is 9.95. The predicted octanol–water partition coefficient (Wildman–Crippen LogP) is 2.25. The Labute approximate surface area is 118 Å². The summed E-state index contributed by atoms with van der Waals surface area (Å²) >= 11 is 0. The summed E-state index contributed by atoms with van der Waals surface area (Å²) in [6.45, 7) is 3.35. The van der Waals surface area contributed by atoms with E-state index in [0.717, 1.165) is 0 Å². The fourth-order valence-corrected chi connectivity index (χ4v) is 2.12. The van der Waals surface area contributed by atoms with E-state index in [9.17, 15) is 9.18 Å². The Kier molecular flexibility index (Phi) is 2.90. The lowest BCUT2D eigenvalue weighted by molar-refractivity contribution is 0.0695. The Morgan fingerprint density at radius 3 is 2.71 bits per heavy atom. The summed E-state index contributed by atoms with van der Waals surface area (Å²) in [6, 6.07) is 1.29.